The Hall–Kier alpha value is -4.89. The van der Waals surface area contributed by atoms with Crippen LogP contribution in [0.2, 0.25) is 0 Å². The number of anilines is 2. The van der Waals surface area contributed by atoms with Crippen molar-refractivity contribution in [2.24, 2.45) is 0 Å². The number of carbonyl (C=O) groups is 2. The van der Waals surface area contributed by atoms with Crippen molar-refractivity contribution >= 4 is 55.1 Å². The Morgan fingerprint density at radius 2 is 1.94 bits per heavy atom. The summed E-state index contributed by atoms with van der Waals surface area (Å²) < 4.78 is 97.4. The molecule has 4 fully saturated rings. The smallest absolute Gasteiger partial charge is 0.417 e. The van der Waals surface area contributed by atoms with Crippen molar-refractivity contribution in [3.63, 3.8) is 0 Å². The predicted molar refractivity (Wildman–Crippen MR) is 174 cm³/mol. The number of thiophene rings is 1. The standard InChI is InChI=1S/C33H28F6N8O3S/c34-15-10-31(5-1-8-47(31)12-15)14-50-30-42-24-17(27(43-30)46-7-2-6-32(13-46)28(48)44-29(49)45-32)9-19(33(37,38)39)22(23(24)36)16-3-4-20(35)25-21(16)18(11-40)26(41)51-25/h3-4,9,15H,1-2,5-8,10,12-14,41H2,(H2,44,45,48,49). The lowest BCUT2D eigenvalue weighted by Crippen LogP contribution is -2.58. The molecular weight excluding hydrogens is 702 g/mol. The van der Waals surface area contributed by atoms with Crippen molar-refractivity contribution in [2.75, 3.05) is 43.4 Å². The van der Waals surface area contributed by atoms with E-state index < -0.39 is 75.2 Å². The number of nitrogens with one attached hydrogen (secondary N) is 2. The average molecular weight is 731 g/mol. The molecule has 51 heavy (non-hydrogen) atoms. The van der Waals surface area contributed by atoms with E-state index in [9.17, 15) is 23.6 Å². The maximum atomic E-state index is 17.1. The first kappa shape index (κ1) is 33.3. The maximum Gasteiger partial charge on any atom is 0.417 e. The third-order valence-corrected chi connectivity index (χ3v) is 11.5. The second-order valence-corrected chi connectivity index (χ2v) is 14.5. The van der Waals surface area contributed by atoms with E-state index >= 15 is 17.6 Å². The number of aromatic nitrogens is 2. The van der Waals surface area contributed by atoms with Gasteiger partial charge in [-0.3, -0.25) is 15.0 Å². The van der Waals surface area contributed by atoms with E-state index in [4.69, 9.17) is 10.5 Å². The summed E-state index contributed by atoms with van der Waals surface area (Å²) in [5, 5.41) is 13.8. The number of nitrogen functional groups attached to an aromatic ring is 1. The Morgan fingerprint density at radius 3 is 2.67 bits per heavy atom. The summed E-state index contributed by atoms with van der Waals surface area (Å²) in [5.41, 5.74) is 0.106. The molecule has 0 aliphatic carbocycles. The Balaban J connectivity index is 1.35. The summed E-state index contributed by atoms with van der Waals surface area (Å²) in [6.07, 6.45) is -4.11. The molecule has 8 rings (SSSR count). The lowest BCUT2D eigenvalue weighted by molar-refractivity contribution is -0.137. The highest BCUT2D eigenvalue weighted by Crippen LogP contribution is 2.48. The molecule has 11 nitrogen and oxygen atoms in total. The molecule has 6 heterocycles. The highest BCUT2D eigenvalue weighted by Gasteiger charge is 2.51. The van der Waals surface area contributed by atoms with Crippen molar-refractivity contribution in [1.29, 1.82) is 5.26 Å². The number of halogens is 6. The number of nitrogens with zero attached hydrogens (tertiary/aromatic N) is 5. The number of urea groups is 1. The zero-order valence-electron chi connectivity index (χ0n) is 26.6. The Bertz CT molecular complexity index is 2210. The number of imide groups is 1. The molecular formula is C33H28F6N8O3S. The molecule has 3 amide bonds. The number of piperidine rings is 1. The molecule has 1 spiro atoms. The van der Waals surface area contributed by atoms with Gasteiger partial charge in [0.2, 0.25) is 0 Å². The van der Waals surface area contributed by atoms with Crippen molar-refractivity contribution in [3.8, 4) is 23.2 Å². The van der Waals surface area contributed by atoms with Gasteiger partial charge in [-0.25, -0.2) is 18.0 Å². The fourth-order valence-corrected chi connectivity index (χ4v) is 9.14. The number of alkyl halides is 4. The monoisotopic (exact) mass is 730 g/mol. The molecule has 2 aromatic heterocycles. The van der Waals surface area contributed by atoms with E-state index in [-0.39, 0.29) is 70.9 Å². The lowest BCUT2D eigenvalue weighted by atomic mass is 9.88. The average Bonchev–Trinajstić information content (AvgIpc) is 3.79. The number of rotatable bonds is 5. The summed E-state index contributed by atoms with van der Waals surface area (Å²) in [6.45, 7) is 0.758. The van der Waals surface area contributed by atoms with Gasteiger partial charge >= 0.3 is 18.2 Å². The van der Waals surface area contributed by atoms with Gasteiger partial charge in [0, 0.05) is 35.8 Å². The molecule has 4 aromatic rings. The van der Waals surface area contributed by atoms with Crippen molar-refractivity contribution in [2.45, 2.75) is 55.5 Å². The summed E-state index contributed by atoms with van der Waals surface area (Å²) in [5.74, 6) is -3.11. The number of carbonyl (C=O) groups excluding carboxylic acids is 2. The molecule has 4 aliphatic rings. The molecule has 3 atom stereocenters. The molecule has 0 bridgehead atoms. The number of nitrogens with two attached hydrogens (primary N) is 1. The molecule has 3 unspecified atom stereocenters. The van der Waals surface area contributed by atoms with Crippen LogP contribution in [0.5, 0.6) is 6.01 Å². The highest BCUT2D eigenvalue weighted by molar-refractivity contribution is 7.23. The second-order valence-electron chi connectivity index (χ2n) is 13.5. The zero-order valence-corrected chi connectivity index (χ0v) is 27.4. The number of fused-ring (bicyclic) bond motifs is 3. The van der Waals surface area contributed by atoms with Crippen LogP contribution in [0, 0.1) is 23.0 Å². The van der Waals surface area contributed by atoms with Crippen LogP contribution in [-0.2, 0) is 11.0 Å². The normalized spacial score (nSPS) is 25.1. The van der Waals surface area contributed by atoms with Gasteiger partial charge in [-0.05, 0) is 49.9 Å². The minimum Gasteiger partial charge on any atom is -0.461 e. The molecule has 2 aromatic carbocycles. The molecule has 4 N–H and O–H groups in total. The second kappa shape index (κ2) is 11.6. The molecule has 266 valence electrons. The van der Waals surface area contributed by atoms with E-state index in [2.05, 4.69) is 20.6 Å². The van der Waals surface area contributed by atoms with Gasteiger partial charge in [0.1, 0.15) is 46.5 Å². The van der Waals surface area contributed by atoms with Gasteiger partial charge in [0.15, 0.2) is 5.82 Å². The molecule has 4 aliphatic heterocycles. The van der Waals surface area contributed by atoms with Crippen molar-refractivity contribution < 1.29 is 40.7 Å². The number of nitriles is 1. The zero-order chi connectivity index (χ0) is 36.0. The first-order valence-corrected chi connectivity index (χ1v) is 17.0. The summed E-state index contributed by atoms with van der Waals surface area (Å²) in [6, 6.07) is 3.19. The molecule has 0 radical (unpaired) electrons. The first-order valence-electron chi connectivity index (χ1n) is 16.2. The fourth-order valence-electron chi connectivity index (χ4n) is 8.19. The van der Waals surface area contributed by atoms with Crippen LogP contribution in [-0.4, -0.2) is 76.8 Å². The third kappa shape index (κ3) is 5.19. The SMILES string of the molecule is N#Cc1c(N)sc2c(F)ccc(-c3c(C(F)(F)F)cc4c(N5CCCC6(C5)NC(=O)NC6=O)nc(OCC56CCCN5CC(F)C6)nc4c3F)c12. The number of hydrogen-bond acceptors (Lipinski definition) is 10. The van der Waals surface area contributed by atoms with Crippen LogP contribution >= 0.6 is 11.3 Å². The van der Waals surface area contributed by atoms with E-state index in [1.165, 1.54) is 4.90 Å². The molecule has 18 heteroatoms. The minimum absolute atomic E-state index is 0.0752. The van der Waals surface area contributed by atoms with Gasteiger partial charge in [0.05, 0.1) is 27.9 Å². The van der Waals surface area contributed by atoms with Crippen LogP contribution in [0.25, 0.3) is 32.1 Å². The van der Waals surface area contributed by atoms with E-state index in [1.807, 2.05) is 4.90 Å². The fraction of sp³-hybridized carbons (Fsp3) is 0.424. The van der Waals surface area contributed by atoms with Crippen LogP contribution in [0.4, 0.5) is 42.0 Å². The predicted octanol–water partition coefficient (Wildman–Crippen LogP) is 5.40. The number of benzene rings is 2. The Labute approximate surface area is 289 Å². The molecule has 4 saturated heterocycles. The van der Waals surface area contributed by atoms with Crippen LogP contribution in [0.15, 0.2) is 18.2 Å². The summed E-state index contributed by atoms with van der Waals surface area (Å²) in [4.78, 5) is 37.2. The Morgan fingerprint density at radius 1 is 1.16 bits per heavy atom. The van der Waals surface area contributed by atoms with Crippen LogP contribution < -0.4 is 26.0 Å². The number of hydrogen-bond donors (Lipinski definition) is 3. The minimum atomic E-state index is -5.18. The third-order valence-electron chi connectivity index (χ3n) is 10.4. The highest BCUT2D eigenvalue weighted by atomic mass is 32.1. The summed E-state index contributed by atoms with van der Waals surface area (Å²) >= 11 is 0.651. The lowest BCUT2D eigenvalue weighted by Gasteiger charge is -2.39. The van der Waals surface area contributed by atoms with E-state index in [0.717, 1.165) is 18.6 Å². The van der Waals surface area contributed by atoms with Gasteiger partial charge in [0.25, 0.3) is 5.91 Å². The largest absolute Gasteiger partial charge is 0.461 e. The maximum absolute atomic E-state index is 17.1. The van der Waals surface area contributed by atoms with Gasteiger partial charge in [-0.15, -0.1) is 11.3 Å². The van der Waals surface area contributed by atoms with E-state index in [0.29, 0.717) is 36.8 Å². The van der Waals surface area contributed by atoms with Crippen LogP contribution in [0.1, 0.15) is 43.2 Å². The van der Waals surface area contributed by atoms with E-state index in [1.54, 1.807) is 6.07 Å². The van der Waals surface area contributed by atoms with Crippen molar-refractivity contribution in [3.05, 3.63) is 41.0 Å². The number of amides is 3. The van der Waals surface area contributed by atoms with Gasteiger partial charge in [-0.2, -0.15) is 28.4 Å². The quantitative estimate of drug-likeness (QED) is 0.181. The van der Waals surface area contributed by atoms with Gasteiger partial charge in [-0.1, -0.05) is 6.07 Å². The first-order chi connectivity index (χ1) is 24.2. The van der Waals surface area contributed by atoms with Crippen LogP contribution in [0.3, 0.4) is 0 Å². The molecule has 0 saturated carbocycles. The number of ether oxygens (including phenoxy) is 1. The van der Waals surface area contributed by atoms with Gasteiger partial charge < -0.3 is 20.7 Å². The topological polar surface area (TPSA) is 150 Å². The summed E-state index contributed by atoms with van der Waals surface area (Å²) in [7, 11) is 0. The Kier molecular flexibility index (Phi) is 7.54. The van der Waals surface area contributed by atoms with Crippen molar-refractivity contribution in [1.82, 2.24) is 25.5 Å².